The molecule has 6 nitrogen and oxygen atoms in total. The molecule has 0 saturated heterocycles. The molecule has 1 aromatic carbocycles. The van der Waals surface area contributed by atoms with Crippen molar-refractivity contribution in [3.8, 4) is 11.5 Å². The molecule has 0 bridgehead atoms. The van der Waals surface area contributed by atoms with Gasteiger partial charge < -0.3 is 14.8 Å². The molecular weight excluding hydrogens is 315 g/mol. The maximum atomic E-state index is 12.8. The minimum absolute atomic E-state index is 0.474. The molecule has 124 valence electrons. The Morgan fingerprint density at radius 3 is 2.52 bits per heavy atom. The molecule has 1 heterocycles. The molecule has 0 radical (unpaired) electrons. The SMILES string of the molecule is COc1ccc(NC(=O)COc2cnn(C)c2C(F)(F)F)cc1. The normalized spacial score (nSPS) is 11.2. The number of anilines is 1. The Kier molecular flexibility index (Phi) is 4.77. The average Bonchev–Trinajstić information content (AvgIpc) is 2.87. The van der Waals surface area contributed by atoms with Crippen molar-refractivity contribution in [1.82, 2.24) is 9.78 Å². The molecule has 9 heteroatoms. The van der Waals surface area contributed by atoms with Crippen LogP contribution < -0.4 is 14.8 Å². The summed E-state index contributed by atoms with van der Waals surface area (Å²) in [5.74, 6) is -0.471. The number of rotatable bonds is 5. The fourth-order valence-electron chi connectivity index (χ4n) is 1.86. The van der Waals surface area contributed by atoms with Gasteiger partial charge in [-0.25, -0.2) is 0 Å². The Labute approximate surface area is 129 Å². The number of nitrogens with one attached hydrogen (secondary N) is 1. The van der Waals surface area contributed by atoms with Gasteiger partial charge in [0.15, 0.2) is 18.1 Å². The lowest BCUT2D eigenvalue weighted by Crippen LogP contribution is -2.21. The number of nitrogens with zero attached hydrogens (tertiary/aromatic N) is 2. The number of halogens is 3. The zero-order valence-electron chi connectivity index (χ0n) is 12.3. The number of methoxy groups -OCH3 is 1. The average molecular weight is 329 g/mol. The number of hydrogen-bond donors (Lipinski definition) is 1. The van der Waals surface area contributed by atoms with Gasteiger partial charge in [0.25, 0.3) is 5.91 Å². The number of amides is 1. The summed E-state index contributed by atoms with van der Waals surface area (Å²) in [5, 5.41) is 5.99. The van der Waals surface area contributed by atoms with Crippen molar-refractivity contribution in [3.63, 3.8) is 0 Å². The zero-order valence-corrected chi connectivity index (χ0v) is 12.3. The standard InChI is InChI=1S/C14H14F3N3O3/c1-20-13(14(15,16)17)11(7-18-20)23-8-12(21)19-9-3-5-10(22-2)6-4-9/h3-7H,8H2,1-2H3,(H,19,21). The van der Waals surface area contributed by atoms with Gasteiger partial charge in [-0.1, -0.05) is 0 Å². The van der Waals surface area contributed by atoms with E-state index >= 15 is 0 Å². The van der Waals surface area contributed by atoms with Crippen LogP contribution in [0, 0.1) is 0 Å². The third kappa shape index (κ3) is 4.15. The zero-order chi connectivity index (χ0) is 17.0. The molecular formula is C14H14F3N3O3. The monoisotopic (exact) mass is 329 g/mol. The summed E-state index contributed by atoms with van der Waals surface area (Å²) >= 11 is 0. The number of hydrogen-bond acceptors (Lipinski definition) is 4. The fraction of sp³-hybridized carbons (Fsp3) is 0.286. The number of carbonyl (C=O) groups is 1. The predicted molar refractivity (Wildman–Crippen MR) is 75.3 cm³/mol. The molecule has 1 aromatic heterocycles. The lowest BCUT2D eigenvalue weighted by atomic mass is 10.3. The molecule has 2 rings (SSSR count). The molecule has 0 aliphatic heterocycles. The van der Waals surface area contributed by atoms with E-state index in [0.29, 0.717) is 16.1 Å². The smallest absolute Gasteiger partial charge is 0.436 e. The molecule has 0 saturated carbocycles. The van der Waals surface area contributed by atoms with E-state index in [4.69, 9.17) is 9.47 Å². The summed E-state index contributed by atoms with van der Waals surface area (Å²) in [7, 11) is 2.65. The summed E-state index contributed by atoms with van der Waals surface area (Å²) in [5.41, 5.74) is -0.573. The highest BCUT2D eigenvalue weighted by Crippen LogP contribution is 2.35. The second-order valence-electron chi connectivity index (χ2n) is 4.54. The van der Waals surface area contributed by atoms with Crippen LogP contribution in [0.1, 0.15) is 5.69 Å². The molecule has 1 N–H and O–H groups in total. The first-order valence-electron chi connectivity index (χ1n) is 6.47. The van der Waals surface area contributed by atoms with Crippen LogP contribution >= 0.6 is 0 Å². The number of aryl methyl sites for hydroxylation is 1. The molecule has 0 fully saturated rings. The Morgan fingerprint density at radius 1 is 1.30 bits per heavy atom. The van der Waals surface area contributed by atoms with E-state index in [9.17, 15) is 18.0 Å². The van der Waals surface area contributed by atoms with E-state index in [1.54, 1.807) is 24.3 Å². The van der Waals surface area contributed by atoms with Crippen LogP contribution in [0.25, 0.3) is 0 Å². The highest BCUT2D eigenvalue weighted by molar-refractivity contribution is 5.91. The fourth-order valence-corrected chi connectivity index (χ4v) is 1.86. The van der Waals surface area contributed by atoms with Gasteiger partial charge in [-0.2, -0.15) is 18.3 Å². The van der Waals surface area contributed by atoms with Gasteiger partial charge in [0.05, 0.1) is 13.3 Å². The summed E-state index contributed by atoms with van der Waals surface area (Å²) < 4.78 is 49.0. The van der Waals surface area contributed by atoms with Crippen molar-refractivity contribution in [2.75, 3.05) is 19.0 Å². The molecule has 0 aliphatic rings. The molecule has 1 amide bonds. The van der Waals surface area contributed by atoms with E-state index in [0.717, 1.165) is 13.2 Å². The highest BCUT2D eigenvalue weighted by atomic mass is 19.4. The second kappa shape index (κ2) is 6.59. The highest BCUT2D eigenvalue weighted by Gasteiger charge is 2.38. The lowest BCUT2D eigenvalue weighted by Gasteiger charge is -2.11. The van der Waals surface area contributed by atoms with Crippen LogP contribution in [0.3, 0.4) is 0 Å². The van der Waals surface area contributed by atoms with E-state index < -0.39 is 30.1 Å². The van der Waals surface area contributed by atoms with E-state index in [1.165, 1.54) is 7.11 Å². The number of aromatic nitrogens is 2. The van der Waals surface area contributed by atoms with Crippen molar-refractivity contribution >= 4 is 11.6 Å². The first-order chi connectivity index (χ1) is 10.8. The Morgan fingerprint density at radius 2 is 1.96 bits per heavy atom. The van der Waals surface area contributed by atoms with E-state index in [1.807, 2.05) is 0 Å². The quantitative estimate of drug-likeness (QED) is 0.915. The maximum absolute atomic E-state index is 12.8. The largest absolute Gasteiger partial charge is 0.497 e. The number of benzene rings is 1. The van der Waals surface area contributed by atoms with Crippen molar-refractivity contribution in [2.24, 2.45) is 7.05 Å². The molecule has 2 aromatic rings. The van der Waals surface area contributed by atoms with Crippen LogP contribution in [-0.2, 0) is 18.0 Å². The molecule has 0 atom stereocenters. The molecule has 23 heavy (non-hydrogen) atoms. The van der Waals surface area contributed by atoms with Crippen LogP contribution in [-0.4, -0.2) is 29.4 Å². The topological polar surface area (TPSA) is 65.4 Å². The number of ether oxygens (including phenoxy) is 2. The second-order valence-corrected chi connectivity index (χ2v) is 4.54. The van der Waals surface area contributed by atoms with Gasteiger partial charge in [0.2, 0.25) is 0 Å². The Hall–Kier alpha value is -2.71. The van der Waals surface area contributed by atoms with Gasteiger partial charge in [0, 0.05) is 12.7 Å². The van der Waals surface area contributed by atoms with Gasteiger partial charge in [-0.15, -0.1) is 0 Å². The van der Waals surface area contributed by atoms with Gasteiger partial charge in [-0.05, 0) is 24.3 Å². The molecule has 0 unspecified atom stereocenters. The Bertz CT molecular complexity index is 681. The predicted octanol–water partition coefficient (Wildman–Crippen LogP) is 2.47. The van der Waals surface area contributed by atoms with Crippen molar-refractivity contribution in [2.45, 2.75) is 6.18 Å². The van der Waals surface area contributed by atoms with E-state index in [2.05, 4.69) is 10.4 Å². The van der Waals surface area contributed by atoms with Crippen molar-refractivity contribution < 1.29 is 27.4 Å². The van der Waals surface area contributed by atoms with Crippen molar-refractivity contribution in [1.29, 1.82) is 0 Å². The number of carbonyl (C=O) groups excluding carboxylic acids is 1. The van der Waals surface area contributed by atoms with Crippen LogP contribution in [0.5, 0.6) is 11.5 Å². The summed E-state index contributed by atoms with van der Waals surface area (Å²) in [6.45, 7) is -0.569. The first-order valence-corrected chi connectivity index (χ1v) is 6.47. The third-order valence-corrected chi connectivity index (χ3v) is 2.91. The summed E-state index contributed by atoms with van der Waals surface area (Å²) in [6.07, 6.45) is -3.70. The maximum Gasteiger partial charge on any atom is 0.436 e. The summed E-state index contributed by atoms with van der Waals surface area (Å²) in [4.78, 5) is 11.7. The van der Waals surface area contributed by atoms with Crippen molar-refractivity contribution in [3.05, 3.63) is 36.2 Å². The van der Waals surface area contributed by atoms with E-state index in [-0.39, 0.29) is 0 Å². The third-order valence-electron chi connectivity index (χ3n) is 2.91. The van der Waals surface area contributed by atoms with Gasteiger partial charge in [-0.3, -0.25) is 9.48 Å². The van der Waals surface area contributed by atoms with Crippen LogP contribution in [0.2, 0.25) is 0 Å². The van der Waals surface area contributed by atoms with Gasteiger partial charge >= 0.3 is 6.18 Å². The Balaban J connectivity index is 1.97. The minimum atomic E-state index is -4.62. The molecule has 0 spiro atoms. The van der Waals surface area contributed by atoms with Crippen LogP contribution in [0.4, 0.5) is 18.9 Å². The van der Waals surface area contributed by atoms with Crippen LogP contribution in [0.15, 0.2) is 30.5 Å². The minimum Gasteiger partial charge on any atom is -0.497 e. The lowest BCUT2D eigenvalue weighted by molar-refractivity contribution is -0.145. The first kappa shape index (κ1) is 16.7. The van der Waals surface area contributed by atoms with Gasteiger partial charge in [0.1, 0.15) is 5.75 Å². The number of alkyl halides is 3. The summed E-state index contributed by atoms with van der Waals surface area (Å²) in [6, 6.07) is 6.47. The molecule has 0 aliphatic carbocycles.